The van der Waals surface area contributed by atoms with Crippen molar-refractivity contribution in [1.82, 2.24) is 0 Å². The lowest BCUT2D eigenvalue weighted by molar-refractivity contribution is -0.384. The quantitative estimate of drug-likeness (QED) is 0.247. The molecule has 0 atom stereocenters. The van der Waals surface area contributed by atoms with Gasteiger partial charge in [-0.15, -0.1) is 0 Å². The molecule has 0 saturated heterocycles. The van der Waals surface area contributed by atoms with Crippen LogP contribution in [0.5, 0.6) is 11.5 Å². The Balaban J connectivity index is 1.89. The van der Waals surface area contributed by atoms with E-state index >= 15 is 0 Å². The minimum atomic E-state index is -4.04. The molecule has 160 valence electrons. The fourth-order valence-electron chi connectivity index (χ4n) is 2.67. The molecule has 0 spiro atoms. The Kier molecular flexibility index (Phi) is 6.07. The van der Waals surface area contributed by atoms with Crippen molar-refractivity contribution < 1.29 is 23.6 Å². The van der Waals surface area contributed by atoms with Crippen molar-refractivity contribution in [3.05, 3.63) is 82.4 Å². The average Bonchev–Trinajstić information content (AvgIpc) is 2.72. The maximum Gasteiger partial charge on any atom is 0.295 e. The zero-order valence-electron chi connectivity index (χ0n) is 16.2. The van der Waals surface area contributed by atoms with Crippen LogP contribution in [0.3, 0.4) is 0 Å². The Labute approximate surface area is 177 Å². The molecule has 3 aromatic carbocycles. The van der Waals surface area contributed by atoms with Crippen molar-refractivity contribution in [3.8, 4) is 11.5 Å². The van der Waals surface area contributed by atoms with Gasteiger partial charge in [0.05, 0.1) is 15.5 Å². The summed E-state index contributed by atoms with van der Waals surface area (Å²) < 4.78 is 27.5. The summed E-state index contributed by atoms with van der Waals surface area (Å²) >= 11 is 0. The molecule has 0 aromatic heterocycles. The Morgan fingerprint density at radius 1 is 1.03 bits per heavy atom. The van der Waals surface area contributed by atoms with Crippen LogP contribution in [0.15, 0.2) is 76.7 Å². The second kappa shape index (κ2) is 8.71. The van der Waals surface area contributed by atoms with E-state index in [0.717, 1.165) is 12.1 Å². The number of hydrogen-bond donors (Lipinski definition) is 4. The van der Waals surface area contributed by atoms with Crippen LogP contribution in [-0.2, 0) is 10.0 Å². The van der Waals surface area contributed by atoms with Gasteiger partial charge in [0.1, 0.15) is 17.2 Å². The predicted molar refractivity (Wildman–Crippen MR) is 116 cm³/mol. The van der Waals surface area contributed by atoms with Gasteiger partial charge < -0.3 is 10.2 Å². The topological polar surface area (TPSA) is 154 Å². The highest BCUT2D eigenvalue weighted by Crippen LogP contribution is 2.29. The third kappa shape index (κ3) is 5.08. The van der Waals surface area contributed by atoms with Crippen LogP contribution in [-0.4, -0.2) is 29.3 Å². The number of hydrazone groups is 1. The fraction of sp³-hybridized carbons (Fsp3) is 0.0500. The van der Waals surface area contributed by atoms with E-state index < -0.39 is 20.6 Å². The van der Waals surface area contributed by atoms with E-state index in [2.05, 4.69) is 15.2 Å². The molecular weight excluding hydrogens is 424 g/mol. The monoisotopic (exact) mass is 442 g/mol. The maximum absolute atomic E-state index is 12.6. The summed E-state index contributed by atoms with van der Waals surface area (Å²) in [5.41, 5.74) is 2.89. The van der Waals surface area contributed by atoms with Crippen LogP contribution in [0.25, 0.3) is 0 Å². The Morgan fingerprint density at radius 3 is 2.39 bits per heavy atom. The molecular formula is C20H18N4O6S. The molecule has 0 aliphatic carbocycles. The Morgan fingerprint density at radius 2 is 1.74 bits per heavy atom. The van der Waals surface area contributed by atoms with E-state index in [-0.39, 0.29) is 27.8 Å². The van der Waals surface area contributed by atoms with Gasteiger partial charge in [-0.05, 0) is 43.3 Å². The Hall–Kier alpha value is -4.12. The summed E-state index contributed by atoms with van der Waals surface area (Å²) in [5, 5.41) is 34.8. The summed E-state index contributed by atoms with van der Waals surface area (Å²) in [4.78, 5) is 10.5. The van der Waals surface area contributed by atoms with E-state index in [9.17, 15) is 28.7 Å². The first-order valence-electron chi connectivity index (χ1n) is 8.86. The number of benzene rings is 3. The summed E-state index contributed by atoms with van der Waals surface area (Å²) in [6.45, 7) is 1.55. The van der Waals surface area contributed by atoms with Gasteiger partial charge >= 0.3 is 0 Å². The number of para-hydroxylation sites is 1. The molecule has 0 amide bonds. The van der Waals surface area contributed by atoms with Crippen LogP contribution in [0, 0.1) is 10.1 Å². The molecule has 0 saturated carbocycles. The molecule has 0 radical (unpaired) electrons. The van der Waals surface area contributed by atoms with E-state index in [1.165, 1.54) is 24.3 Å². The fourth-order valence-corrected chi connectivity index (χ4v) is 3.75. The van der Waals surface area contributed by atoms with Crippen LogP contribution in [0.1, 0.15) is 12.5 Å². The van der Waals surface area contributed by atoms with Gasteiger partial charge in [-0.2, -0.15) is 5.10 Å². The van der Waals surface area contributed by atoms with Gasteiger partial charge in [0.15, 0.2) is 0 Å². The van der Waals surface area contributed by atoms with Gasteiger partial charge in [-0.1, -0.05) is 18.2 Å². The highest BCUT2D eigenvalue weighted by Gasteiger charge is 2.21. The minimum Gasteiger partial charge on any atom is -0.508 e. The van der Waals surface area contributed by atoms with Crippen molar-refractivity contribution >= 4 is 32.8 Å². The van der Waals surface area contributed by atoms with Crippen molar-refractivity contribution in [3.63, 3.8) is 0 Å². The number of nitro groups is 1. The molecule has 0 aliphatic heterocycles. The lowest BCUT2D eigenvalue weighted by atomic mass is 10.1. The molecule has 31 heavy (non-hydrogen) atoms. The Bertz CT molecular complexity index is 1260. The number of nitrogens with zero attached hydrogens (tertiary/aromatic N) is 2. The van der Waals surface area contributed by atoms with Gasteiger partial charge in [-0.25, -0.2) is 8.42 Å². The van der Waals surface area contributed by atoms with Gasteiger partial charge in [0.2, 0.25) is 0 Å². The second-order valence-electron chi connectivity index (χ2n) is 6.42. The number of aromatic hydroxyl groups is 2. The highest BCUT2D eigenvalue weighted by atomic mass is 32.2. The van der Waals surface area contributed by atoms with Crippen LogP contribution < -0.4 is 10.1 Å². The number of hydrogen-bond acceptors (Lipinski definition) is 8. The van der Waals surface area contributed by atoms with Crippen LogP contribution in [0.4, 0.5) is 17.1 Å². The summed E-state index contributed by atoms with van der Waals surface area (Å²) in [6.07, 6.45) is 0. The summed E-state index contributed by atoms with van der Waals surface area (Å²) in [6, 6.07) is 15.4. The number of sulfonamides is 1. The second-order valence-corrected chi connectivity index (χ2v) is 8.10. The third-order valence-electron chi connectivity index (χ3n) is 4.22. The lowest BCUT2D eigenvalue weighted by Crippen LogP contribution is -2.13. The van der Waals surface area contributed by atoms with E-state index in [1.54, 1.807) is 37.3 Å². The number of nitrogens with one attached hydrogen (secondary N) is 2. The van der Waals surface area contributed by atoms with Gasteiger partial charge in [-0.3, -0.25) is 20.3 Å². The normalized spacial score (nSPS) is 11.7. The van der Waals surface area contributed by atoms with Crippen LogP contribution in [0.2, 0.25) is 0 Å². The molecule has 10 nitrogen and oxygen atoms in total. The zero-order chi connectivity index (χ0) is 22.6. The molecule has 4 N–H and O–H groups in total. The van der Waals surface area contributed by atoms with Crippen LogP contribution >= 0.6 is 0 Å². The first-order valence-corrected chi connectivity index (χ1v) is 10.3. The first kappa shape index (κ1) is 21.6. The predicted octanol–water partition coefficient (Wildman–Crippen LogP) is 3.64. The van der Waals surface area contributed by atoms with E-state index in [0.29, 0.717) is 11.3 Å². The molecule has 3 aromatic rings. The molecule has 3 rings (SSSR count). The van der Waals surface area contributed by atoms with Crippen molar-refractivity contribution in [1.29, 1.82) is 0 Å². The molecule has 0 fully saturated rings. The van der Waals surface area contributed by atoms with Crippen molar-refractivity contribution in [2.75, 3.05) is 10.1 Å². The number of rotatable bonds is 7. The standard InChI is InChI=1S/C20H18N4O6S/c1-13(17-9-7-15(25)11-20(17)26)21-22-18-10-8-16(12-19(18)24(27)28)31(29,30)23-14-5-3-2-4-6-14/h2-12,22-23,25-26H,1H3/b21-13+. The number of anilines is 2. The van der Waals surface area contributed by atoms with E-state index in [4.69, 9.17) is 0 Å². The molecule has 0 bridgehead atoms. The van der Waals surface area contributed by atoms with Gasteiger partial charge in [0.25, 0.3) is 15.7 Å². The zero-order valence-corrected chi connectivity index (χ0v) is 17.0. The third-order valence-corrected chi connectivity index (χ3v) is 5.60. The van der Waals surface area contributed by atoms with Crippen molar-refractivity contribution in [2.24, 2.45) is 5.10 Å². The summed E-state index contributed by atoms with van der Waals surface area (Å²) in [5.74, 6) is -0.343. The first-order chi connectivity index (χ1) is 14.7. The lowest BCUT2D eigenvalue weighted by Gasteiger charge is -2.10. The maximum atomic E-state index is 12.6. The number of phenolic OH excluding ortho intramolecular Hbond substituents is 2. The molecule has 11 heteroatoms. The van der Waals surface area contributed by atoms with E-state index in [1.807, 2.05) is 0 Å². The molecule has 0 aliphatic rings. The smallest absolute Gasteiger partial charge is 0.295 e. The summed E-state index contributed by atoms with van der Waals surface area (Å²) in [7, 11) is -4.04. The largest absolute Gasteiger partial charge is 0.508 e. The average molecular weight is 442 g/mol. The number of phenols is 2. The SMILES string of the molecule is C/C(=N\Nc1ccc(S(=O)(=O)Nc2ccccc2)cc1[N+](=O)[O-])c1ccc(O)cc1O. The molecule has 0 unspecified atom stereocenters. The van der Waals surface area contributed by atoms with Crippen molar-refractivity contribution in [2.45, 2.75) is 11.8 Å². The highest BCUT2D eigenvalue weighted by molar-refractivity contribution is 7.92. The number of nitro benzene ring substituents is 1. The minimum absolute atomic E-state index is 0.0405. The molecule has 0 heterocycles. The van der Waals surface area contributed by atoms with Gasteiger partial charge in [0, 0.05) is 23.4 Å².